The van der Waals surface area contributed by atoms with Gasteiger partial charge in [0.2, 0.25) is 0 Å². The van der Waals surface area contributed by atoms with Crippen LogP contribution in [0.4, 0.5) is 0 Å². The minimum Gasteiger partial charge on any atom is -0.302 e. The van der Waals surface area contributed by atoms with E-state index in [2.05, 4.69) is 43.4 Å². The molecule has 0 fully saturated rings. The average molecular weight is 289 g/mol. The second-order valence-electron chi connectivity index (χ2n) is 5.66. The second-order valence-corrected chi connectivity index (χ2v) is 6.86. The van der Waals surface area contributed by atoms with Crippen molar-refractivity contribution in [2.75, 3.05) is 0 Å². The van der Waals surface area contributed by atoms with E-state index in [0.29, 0.717) is 12.1 Å². The predicted octanol–water partition coefficient (Wildman–Crippen LogP) is 3.77. The van der Waals surface area contributed by atoms with Crippen molar-refractivity contribution in [2.45, 2.75) is 51.6 Å². The predicted molar refractivity (Wildman–Crippen MR) is 84.1 cm³/mol. The van der Waals surface area contributed by atoms with Crippen LogP contribution in [0.3, 0.4) is 0 Å². The largest absolute Gasteiger partial charge is 0.302 e. The van der Waals surface area contributed by atoms with Gasteiger partial charge in [0, 0.05) is 40.1 Å². The Morgan fingerprint density at radius 2 is 2.35 bits per heavy atom. The molecule has 2 atom stereocenters. The molecule has 0 amide bonds. The van der Waals surface area contributed by atoms with Gasteiger partial charge >= 0.3 is 0 Å². The molecular formula is C16H23N3S. The van der Waals surface area contributed by atoms with E-state index in [4.69, 9.17) is 0 Å². The van der Waals surface area contributed by atoms with Crippen molar-refractivity contribution in [3.8, 4) is 0 Å². The van der Waals surface area contributed by atoms with Crippen molar-refractivity contribution < 1.29 is 0 Å². The summed E-state index contributed by atoms with van der Waals surface area (Å²) in [5.74, 6) is 0. The van der Waals surface area contributed by atoms with Gasteiger partial charge in [-0.3, -0.25) is 4.68 Å². The highest BCUT2D eigenvalue weighted by atomic mass is 32.1. The lowest BCUT2D eigenvalue weighted by atomic mass is 9.92. The number of rotatable bonds is 4. The number of fused-ring (bicyclic) bond motifs is 1. The molecule has 2 heterocycles. The van der Waals surface area contributed by atoms with E-state index in [1.54, 1.807) is 0 Å². The summed E-state index contributed by atoms with van der Waals surface area (Å²) >= 11 is 1.93. The molecule has 1 aliphatic carbocycles. The van der Waals surface area contributed by atoms with Crippen LogP contribution < -0.4 is 5.32 Å². The first-order valence-corrected chi connectivity index (χ1v) is 8.36. The first-order valence-electron chi connectivity index (χ1n) is 7.54. The van der Waals surface area contributed by atoms with Gasteiger partial charge in [-0.1, -0.05) is 6.92 Å². The SMILES string of the molecule is CCc1ccc(C(C)NC2CCCc3c2cnn3C)s1. The zero-order valence-electron chi connectivity index (χ0n) is 12.5. The van der Waals surface area contributed by atoms with Gasteiger partial charge < -0.3 is 5.32 Å². The van der Waals surface area contributed by atoms with E-state index >= 15 is 0 Å². The monoisotopic (exact) mass is 289 g/mol. The highest BCUT2D eigenvalue weighted by Gasteiger charge is 2.25. The zero-order chi connectivity index (χ0) is 14.1. The van der Waals surface area contributed by atoms with E-state index in [9.17, 15) is 0 Å². The third kappa shape index (κ3) is 2.54. The maximum absolute atomic E-state index is 4.43. The Morgan fingerprint density at radius 1 is 1.50 bits per heavy atom. The van der Waals surface area contributed by atoms with Crippen LogP contribution in [0.15, 0.2) is 18.3 Å². The van der Waals surface area contributed by atoms with Crippen molar-refractivity contribution in [3.05, 3.63) is 39.3 Å². The maximum Gasteiger partial charge on any atom is 0.0540 e. The summed E-state index contributed by atoms with van der Waals surface area (Å²) in [6, 6.07) is 5.40. The summed E-state index contributed by atoms with van der Waals surface area (Å²) in [6.45, 7) is 4.49. The van der Waals surface area contributed by atoms with E-state index < -0.39 is 0 Å². The highest BCUT2D eigenvalue weighted by molar-refractivity contribution is 7.12. The molecule has 108 valence electrons. The zero-order valence-corrected chi connectivity index (χ0v) is 13.3. The normalized spacial score (nSPS) is 19.9. The molecule has 0 spiro atoms. The number of hydrogen-bond donors (Lipinski definition) is 1. The molecular weight excluding hydrogens is 266 g/mol. The van der Waals surface area contributed by atoms with Crippen LogP contribution >= 0.6 is 11.3 Å². The van der Waals surface area contributed by atoms with E-state index in [0.717, 1.165) is 12.8 Å². The third-order valence-corrected chi connectivity index (χ3v) is 5.70. The van der Waals surface area contributed by atoms with E-state index in [-0.39, 0.29) is 0 Å². The first kappa shape index (κ1) is 13.8. The Labute approximate surface area is 125 Å². The molecule has 4 heteroatoms. The smallest absolute Gasteiger partial charge is 0.0540 e. The van der Waals surface area contributed by atoms with Crippen molar-refractivity contribution in [2.24, 2.45) is 7.05 Å². The fraction of sp³-hybridized carbons (Fsp3) is 0.562. The van der Waals surface area contributed by atoms with Crippen LogP contribution in [0.25, 0.3) is 0 Å². The van der Waals surface area contributed by atoms with Crippen LogP contribution in [-0.2, 0) is 19.9 Å². The van der Waals surface area contributed by atoms with Gasteiger partial charge in [0.05, 0.1) is 6.20 Å². The minimum atomic E-state index is 0.413. The summed E-state index contributed by atoms with van der Waals surface area (Å²) in [5, 5.41) is 8.22. The van der Waals surface area contributed by atoms with Crippen LogP contribution in [0.1, 0.15) is 59.8 Å². The van der Waals surface area contributed by atoms with Crippen LogP contribution in [0.2, 0.25) is 0 Å². The molecule has 3 nitrogen and oxygen atoms in total. The van der Waals surface area contributed by atoms with Crippen molar-refractivity contribution in [1.29, 1.82) is 0 Å². The molecule has 3 rings (SSSR count). The molecule has 0 aromatic carbocycles. The topological polar surface area (TPSA) is 29.9 Å². The second kappa shape index (κ2) is 5.70. The molecule has 1 aliphatic rings. The van der Waals surface area contributed by atoms with Gasteiger partial charge in [-0.25, -0.2) is 0 Å². The number of thiophene rings is 1. The van der Waals surface area contributed by atoms with Crippen molar-refractivity contribution in [1.82, 2.24) is 15.1 Å². The first-order chi connectivity index (χ1) is 9.69. The molecule has 2 aromatic rings. The Kier molecular flexibility index (Phi) is 3.94. The van der Waals surface area contributed by atoms with E-state index in [1.165, 1.54) is 33.9 Å². The molecule has 0 bridgehead atoms. The average Bonchev–Trinajstić information content (AvgIpc) is 3.07. The summed E-state index contributed by atoms with van der Waals surface area (Å²) in [7, 11) is 2.05. The van der Waals surface area contributed by atoms with Gasteiger partial charge in [-0.15, -0.1) is 11.3 Å². The number of aryl methyl sites for hydroxylation is 2. The Bertz CT molecular complexity index is 584. The fourth-order valence-corrected chi connectivity index (χ4v) is 4.04. The van der Waals surface area contributed by atoms with Gasteiger partial charge in [0.1, 0.15) is 0 Å². The van der Waals surface area contributed by atoms with Crippen LogP contribution in [0.5, 0.6) is 0 Å². The molecule has 0 aliphatic heterocycles. The van der Waals surface area contributed by atoms with Crippen LogP contribution in [0, 0.1) is 0 Å². The molecule has 2 aromatic heterocycles. The van der Waals surface area contributed by atoms with Gasteiger partial charge in [-0.2, -0.15) is 5.10 Å². The molecule has 0 saturated carbocycles. The molecule has 1 N–H and O–H groups in total. The Morgan fingerprint density at radius 3 is 3.10 bits per heavy atom. The standard InChI is InChI=1S/C16H23N3S/c1-4-12-8-9-16(20-12)11(2)18-14-6-5-7-15-13(14)10-17-19(15)3/h8-11,14,18H,4-7H2,1-3H3. The highest BCUT2D eigenvalue weighted by Crippen LogP contribution is 2.32. The van der Waals surface area contributed by atoms with Crippen molar-refractivity contribution >= 4 is 11.3 Å². The van der Waals surface area contributed by atoms with E-state index in [1.807, 2.05) is 22.2 Å². The number of nitrogens with one attached hydrogen (secondary N) is 1. The minimum absolute atomic E-state index is 0.413. The number of aromatic nitrogens is 2. The summed E-state index contributed by atoms with van der Waals surface area (Å²) in [5.41, 5.74) is 2.80. The maximum atomic E-state index is 4.43. The fourth-order valence-electron chi connectivity index (χ4n) is 3.08. The molecule has 20 heavy (non-hydrogen) atoms. The Balaban J connectivity index is 1.75. The molecule has 0 radical (unpaired) electrons. The summed E-state index contributed by atoms with van der Waals surface area (Å²) in [4.78, 5) is 2.91. The summed E-state index contributed by atoms with van der Waals surface area (Å²) in [6.07, 6.45) is 6.81. The van der Waals surface area contributed by atoms with Crippen LogP contribution in [-0.4, -0.2) is 9.78 Å². The van der Waals surface area contributed by atoms with Gasteiger partial charge in [0.25, 0.3) is 0 Å². The van der Waals surface area contributed by atoms with Crippen molar-refractivity contribution in [3.63, 3.8) is 0 Å². The lowest BCUT2D eigenvalue weighted by Gasteiger charge is -2.26. The number of nitrogens with zero attached hydrogens (tertiary/aromatic N) is 2. The molecule has 0 saturated heterocycles. The van der Waals surface area contributed by atoms with Gasteiger partial charge in [0.15, 0.2) is 0 Å². The Hall–Kier alpha value is -1.13. The van der Waals surface area contributed by atoms with Gasteiger partial charge in [-0.05, 0) is 44.7 Å². The lowest BCUT2D eigenvalue weighted by molar-refractivity contribution is 0.414. The third-order valence-electron chi connectivity index (χ3n) is 4.28. The molecule has 2 unspecified atom stereocenters. The lowest BCUT2D eigenvalue weighted by Crippen LogP contribution is -2.27. The quantitative estimate of drug-likeness (QED) is 0.928. The summed E-state index contributed by atoms with van der Waals surface area (Å²) < 4.78 is 2.04. The number of hydrogen-bond acceptors (Lipinski definition) is 3.